The number of thiazole rings is 1. The molecule has 1 aliphatic heterocycles. The van der Waals surface area contributed by atoms with Crippen molar-refractivity contribution in [1.82, 2.24) is 20.1 Å². The van der Waals surface area contributed by atoms with E-state index in [1.54, 1.807) is 16.2 Å². The van der Waals surface area contributed by atoms with Crippen LogP contribution in [-0.2, 0) is 22.6 Å². The summed E-state index contributed by atoms with van der Waals surface area (Å²) in [5.41, 5.74) is 6.30. The highest BCUT2D eigenvalue weighted by Gasteiger charge is 2.21. The molecule has 2 rings (SSSR count). The molecule has 0 spiro atoms. The van der Waals surface area contributed by atoms with E-state index in [4.69, 9.17) is 5.73 Å². The Kier molecular flexibility index (Phi) is 6.29. The maximum atomic E-state index is 12.0. The van der Waals surface area contributed by atoms with Crippen LogP contribution >= 0.6 is 11.3 Å². The van der Waals surface area contributed by atoms with Crippen LogP contribution in [0.1, 0.15) is 17.6 Å². The lowest BCUT2D eigenvalue weighted by atomic mass is 10.3. The van der Waals surface area contributed by atoms with Crippen molar-refractivity contribution in [2.24, 2.45) is 5.73 Å². The summed E-state index contributed by atoms with van der Waals surface area (Å²) >= 11 is 1.70. The van der Waals surface area contributed by atoms with Gasteiger partial charge in [-0.25, -0.2) is 4.98 Å². The number of rotatable bonds is 6. The van der Waals surface area contributed by atoms with Crippen molar-refractivity contribution >= 4 is 23.2 Å². The van der Waals surface area contributed by atoms with Crippen molar-refractivity contribution in [3.05, 3.63) is 16.1 Å². The average molecular weight is 325 g/mol. The van der Waals surface area contributed by atoms with Crippen molar-refractivity contribution in [2.45, 2.75) is 19.9 Å². The molecule has 0 radical (unpaired) electrons. The lowest BCUT2D eigenvalue weighted by Gasteiger charge is -2.34. The van der Waals surface area contributed by atoms with Gasteiger partial charge in [0.2, 0.25) is 11.8 Å². The minimum Gasteiger partial charge on any atom is -0.346 e. The largest absolute Gasteiger partial charge is 0.346 e. The summed E-state index contributed by atoms with van der Waals surface area (Å²) in [5.74, 6) is -0.356. The van der Waals surface area contributed by atoms with Gasteiger partial charge in [-0.15, -0.1) is 11.3 Å². The Morgan fingerprint density at radius 1 is 1.36 bits per heavy atom. The van der Waals surface area contributed by atoms with Gasteiger partial charge in [0.15, 0.2) is 0 Å². The van der Waals surface area contributed by atoms with Crippen LogP contribution < -0.4 is 11.1 Å². The van der Waals surface area contributed by atoms with Crippen molar-refractivity contribution < 1.29 is 9.59 Å². The quantitative estimate of drug-likeness (QED) is 0.730. The van der Waals surface area contributed by atoms with Gasteiger partial charge in [-0.2, -0.15) is 0 Å². The SMILES string of the molecule is CCc1nc(CN2CCN(C(=O)CNC(=O)CN)CC2)cs1. The van der Waals surface area contributed by atoms with Crippen LogP contribution in [0.2, 0.25) is 0 Å². The Hall–Kier alpha value is -1.51. The van der Waals surface area contributed by atoms with E-state index >= 15 is 0 Å². The zero-order valence-electron chi connectivity index (χ0n) is 12.9. The number of aryl methyl sites for hydroxylation is 1. The van der Waals surface area contributed by atoms with Gasteiger partial charge < -0.3 is 16.0 Å². The monoisotopic (exact) mass is 325 g/mol. The van der Waals surface area contributed by atoms with E-state index < -0.39 is 0 Å². The number of nitrogens with two attached hydrogens (primary N) is 1. The third-order valence-corrected chi connectivity index (χ3v) is 4.68. The molecule has 0 unspecified atom stereocenters. The average Bonchev–Trinajstić information content (AvgIpc) is 3.00. The number of hydrogen-bond donors (Lipinski definition) is 2. The normalized spacial score (nSPS) is 15.8. The molecule has 0 atom stereocenters. The third-order valence-electron chi connectivity index (χ3n) is 3.63. The zero-order valence-corrected chi connectivity index (χ0v) is 13.7. The molecule has 0 bridgehead atoms. The number of carbonyl (C=O) groups is 2. The molecule has 7 nitrogen and oxygen atoms in total. The molecule has 122 valence electrons. The maximum absolute atomic E-state index is 12.0. The van der Waals surface area contributed by atoms with Gasteiger partial charge in [-0.05, 0) is 6.42 Å². The van der Waals surface area contributed by atoms with E-state index in [-0.39, 0.29) is 24.9 Å². The van der Waals surface area contributed by atoms with Crippen LogP contribution in [0.25, 0.3) is 0 Å². The van der Waals surface area contributed by atoms with E-state index in [1.807, 2.05) is 0 Å². The van der Waals surface area contributed by atoms with E-state index in [0.29, 0.717) is 13.1 Å². The van der Waals surface area contributed by atoms with Crippen molar-refractivity contribution in [1.29, 1.82) is 0 Å². The summed E-state index contributed by atoms with van der Waals surface area (Å²) in [6.07, 6.45) is 0.974. The predicted molar refractivity (Wildman–Crippen MR) is 85.4 cm³/mol. The molecule has 1 aromatic heterocycles. The van der Waals surface area contributed by atoms with Crippen molar-refractivity contribution in [2.75, 3.05) is 39.3 Å². The molecule has 8 heteroatoms. The van der Waals surface area contributed by atoms with Gasteiger partial charge in [0.1, 0.15) is 0 Å². The van der Waals surface area contributed by atoms with Crippen LogP contribution in [0.5, 0.6) is 0 Å². The molecule has 2 heterocycles. The lowest BCUT2D eigenvalue weighted by Crippen LogP contribution is -2.51. The highest BCUT2D eigenvalue weighted by Crippen LogP contribution is 2.13. The Balaban J connectivity index is 1.73. The second-order valence-electron chi connectivity index (χ2n) is 5.22. The Labute approximate surface area is 134 Å². The van der Waals surface area contributed by atoms with Crippen molar-refractivity contribution in [3.8, 4) is 0 Å². The molecule has 1 aromatic rings. The molecule has 0 aliphatic carbocycles. The lowest BCUT2D eigenvalue weighted by molar-refractivity contribution is -0.134. The minimum atomic E-state index is -0.303. The molecule has 3 N–H and O–H groups in total. The predicted octanol–water partition coefficient (Wildman–Crippen LogP) is -0.575. The van der Waals surface area contributed by atoms with Crippen LogP contribution in [0.3, 0.4) is 0 Å². The summed E-state index contributed by atoms with van der Waals surface area (Å²) < 4.78 is 0. The molecule has 1 saturated heterocycles. The third kappa shape index (κ3) is 4.75. The molecule has 22 heavy (non-hydrogen) atoms. The summed E-state index contributed by atoms with van der Waals surface area (Å²) in [4.78, 5) is 31.7. The molecular formula is C14H23N5O2S. The summed E-state index contributed by atoms with van der Waals surface area (Å²) in [6, 6.07) is 0. The van der Waals surface area contributed by atoms with E-state index in [2.05, 4.69) is 27.5 Å². The summed E-state index contributed by atoms with van der Waals surface area (Å²) in [6.45, 7) is 5.91. The first kappa shape index (κ1) is 16.9. The fourth-order valence-electron chi connectivity index (χ4n) is 2.33. The second-order valence-corrected chi connectivity index (χ2v) is 6.17. The Morgan fingerprint density at radius 3 is 2.68 bits per heavy atom. The Morgan fingerprint density at radius 2 is 2.09 bits per heavy atom. The number of hydrogen-bond acceptors (Lipinski definition) is 6. The number of nitrogens with zero attached hydrogens (tertiary/aromatic N) is 3. The highest BCUT2D eigenvalue weighted by atomic mass is 32.1. The van der Waals surface area contributed by atoms with Gasteiger partial charge in [-0.3, -0.25) is 14.5 Å². The van der Waals surface area contributed by atoms with E-state index in [1.165, 1.54) is 5.01 Å². The first-order valence-corrected chi connectivity index (χ1v) is 8.40. The van der Waals surface area contributed by atoms with Gasteiger partial charge in [0, 0.05) is 38.1 Å². The fourth-order valence-corrected chi connectivity index (χ4v) is 3.06. The summed E-state index contributed by atoms with van der Waals surface area (Å²) in [5, 5.41) is 5.79. The zero-order chi connectivity index (χ0) is 15.9. The van der Waals surface area contributed by atoms with E-state index in [9.17, 15) is 9.59 Å². The Bertz CT molecular complexity index is 511. The van der Waals surface area contributed by atoms with E-state index in [0.717, 1.165) is 31.7 Å². The molecule has 1 fully saturated rings. The minimum absolute atomic E-state index is 0.0297. The smallest absolute Gasteiger partial charge is 0.242 e. The molecule has 2 amide bonds. The van der Waals surface area contributed by atoms with Gasteiger partial charge in [0.05, 0.1) is 23.8 Å². The van der Waals surface area contributed by atoms with Crippen LogP contribution in [0.4, 0.5) is 0 Å². The van der Waals surface area contributed by atoms with Crippen molar-refractivity contribution in [3.63, 3.8) is 0 Å². The number of carbonyl (C=O) groups excluding carboxylic acids is 2. The molecule has 0 aromatic carbocycles. The van der Waals surface area contributed by atoms with Gasteiger partial charge >= 0.3 is 0 Å². The highest BCUT2D eigenvalue weighted by molar-refractivity contribution is 7.09. The topological polar surface area (TPSA) is 91.6 Å². The van der Waals surface area contributed by atoms with Gasteiger partial charge in [-0.1, -0.05) is 6.92 Å². The fraction of sp³-hybridized carbons (Fsp3) is 0.643. The molecule has 1 aliphatic rings. The number of nitrogens with one attached hydrogen (secondary N) is 1. The van der Waals surface area contributed by atoms with Crippen LogP contribution in [0, 0.1) is 0 Å². The van der Waals surface area contributed by atoms with Crippen LogP contribution in [-0.4, -0.2) is 65.9 Å². The number of aromatic nitrogens is 1. The standard InChI is InChI=1S/C14H23N5O2S/c1-2-13-17-11(10-22-13)9-18-3-5-19(6-4-18)14(21)8-16-12(20)7-15/h10H,2-9,15H2,1H3,(H,16,20). The molecular weight excluding hydrogens is 302 g/mol. The number of piperazine rings is 1. The first-order valence-electron chi connectivity index (χ1n) is 7.52. The summed E-state index contributed by atoms with van der Waals surface area (Å²) in [7, 11) is 0. The first-order chi connectivity index (χ1) is 10.6. The second kappa shape index (κ2) is 8.21. The number of amides is 2. The van der Waals surface area contributed by atoms with Gasteiger partial charge in [0.25, 0.3) is 0 Å². The maximum Gasteiger partial charge on any atom is 0.242 e. The molecule has 0 saturated carbocycles. The van der Waals surface area contributed by atoms with Crippen LogP contribution in [0.15, 0.2) is 5.38 Å².